The Morgan fingerprint density at radius 1 is 1.03 bits per heavy atom. The zero-order valence-electron chi connectivity index (χ0n) is 16.8. The van der Waals surface area contributed by atoms with Gasteiger partial charge >= 0.3 is 6.09 Å². The quantitative estimate of drug-likeness (QED) is 0.565. The highest BCUT2D eigenvalue weighted by molar-refractivity contribution is 9.10. The fourth-order valence-corrected chi connectivity index (χ4v) is 4.92. The summed E-state index contributed by atoms with van der Waals surface area (Å²) < 4.78 is 12.5. The number of halogens is 1. The second-order valence-electron chi connectivity index (χ2n) is 7.73. The van der Waals surface area contributed by atoms with Gasteiger partial charge in [0.15, 0.2) is 0 Å². The number of hydrogen-bond donors (Lipinski definition) is 1. The summed E-state index contributed by atoms with van der Waals surface area (Å²) in [6, 6.07) is 21.6. The minimum atomic E-state index is -0.513. The van der Waals surface area contributed by atoms with Gasteiger partial charge in [0, 0.05) is 16.0 Å². The number of nitrogens with zero attached hydrogens (tertiary/aromatic N) is 1. The standard InChI is InChI=1S/C25H22BrNO4/c26-16-9-10-21-23(14-28)27(11-12-30-24(21)13-16)25(29)31-15-22-19-7-3-1-5-17(19)18-6-2-4-8-20(18)22/h1-10,13,22-23,28H,11-12,14-15H2. The summed E-state index contributed by atoms with van der Waals surface area (Å²) in [7, 11) is 0. The third-order valence-electron chi connectivity index (χ3n) is 6.04. The molecule has 2 aliphatic rings. The van der Waals surface area contributed by atoms with Crippen molar-refractivity contribution < 1.29 is 19.4 Å². The first-order valence-corrected chi connectivity index (χ1v) is 11.1. The van der Waals surface area contributed by atoms with Crippen molar-refractivity contribution in [1.29, 1.82) is 0 Å². The molecule has 1 aliphatic carbocycles. The van der Waals surface area contributed by atoms with Gasteiger partial charge in [-0.05, 0) is 34.4 Å². The Bertz CT molecular complexity index is 1090. The lowest BCUT2D eigenvalue weighted by atomic mass is 9.98. The van der Waals surface area contributed by atoms with Crippen molar-refractivity contribution in [2.24, 2.45) is 0 Å². The van der Waals surface area contributed by atoms with Crippen LogP contribution in [-0.2, 0) is 4.74 Å². The summed E-state index contributed by atoms with van der Waals surface area (Å²) in [5.74, 6) is 0.665. The average molecular weight is 480 g/mol. The van der Waals surface area contributed by atoms with Crippen molar-refractivity contribution in [1.82, 2.24) is 4.90 Å². The molecule has 1 heterocycles. The molecule has 6 heteroatoms. The van der Waals surface area contributed by atoms with Crippen molar-refractivity contribution in [3.63, 3.8) is 0 Å². The molecule has 3 aromatic carbocycles. The van der Waals surface area contributed by atoms with Crippen LogP contribution in [0.2, 0.25) is 0 Å². The Labute approximate surface area is 189 Å². The summed E-state index contributed by atoms with van der Waals surface area (Å²) in [6.45, 7) is 0.718. The molecule has 5 nitrogen and oxygen atoms in total. The van der Waals surface area contributed by atoms with Crippen LogP contribution in [0, 0.1) is 0 Å². The van der Waals surface area contributed by atoms with Crippen molar-refractivity contribution in [2.45, 2.75) is 12.0 Å². The summed E-state index contributed by atoms with van der Waals surface area (Å²) in [5.41, 5.74) is 5.50. The summed E-state index contributed by atoms with van der Waals surface area (Å²) >= 11 is 3.44. The fourth-order valence-electron chi connectivity index (χ4n) is 4.58. The number of hydrogen-bond acceptors (Lipinski definition) is 4. The molecule has 1 N–H and O–H groups in total. The predicted molar refractivity (Wildman–Crippen MR) is 121 cm³/mol. The number of benzene rings is 3. The van der Waals surface area contributed by atoms with E-state index in [0.717, 1.165) is 10.0 Å². The van der Waals surface area contributed by atoms with Crippen LogP contribution in [-0.4, -0.2) is 42.5 Å². The molecule has 1 unspecified atom stereocenters. The maximum absolute atomic E-state index is 13.1. The van der Waals surface area contributed by atoms with E-state index in [1.165, 1.54) is 22.3 Å². The lowest BCUT2D eigenvalue weighted by Gasteiger charge is -2.28. The molecular weight excluding hydrogens is 458 g/mol. The van der Waals surface area contributed by atoms with E-state index < -0.39 is 12.1 Å². The second-order valence-corrected chi connectivity index (χ2v) is 8.64. The number of aliphatic hydroxyl groups excluding tert-OH is 1. The number of rotatable bonds is 3. The van der Waals surface area contributed by atoms with Crippen LogP contribution in [0.5, 0.6) is 5.75 Å². The van der Waals surface area contributed by atoms with Crippen molar-refractivity contribution in [2.75, 3.05) is 26.4 Å². The largest absolute Gasteiger partial charge is 0.491 e. The van der Waals surface area contributed by atoms with E-state index in [1.807, 2.05) is 42.5 Å². The molecule has 0 radical (unpaired) electrons. The van der Waals surface area contributed by atoms with Crippen LogP contribution < -0.4 is 4.74 Å². The van der Waals surface area contributed by atoms with Crippen LogP contribution in [0.3, 0.4) is 0 Å². The number of ether oxygens (including phenoxy) is 2. The SMILES string of the molecule is O=C(OCC1c2ccccc2-c2ccccc21)N1CCOc2cc(Br)ccc2C1CO. The molecule has 0 fully saturated rings. The molecular formula is C25H22BrNO4. The zero-order valence-corrected chi connectivity index (χ0v) is 18.4. The highest BCUT2D eigenvalue weighted by Gasteiger charge is 2.33. The number of fused-ring (bicyclic) bond motifs is 4. The molecule has 31 heavy (non-hydrogen) atoms. The van der Waals surface area contributed by atoms with E-state index in [-0.39, 0.29) is 19.1 Å². The van der Waals surface area contributed by atoms with Crippen molar-refractivity contribution in [3.05, 3.63) is 87.9 Å². The molecule has 0 aromatic heterocycles. The molecule has 0 saturated heterocycles. The molecule has 1 atom stereocenters. The molecule has 1 aliphatic heterocycles. The van der Waals surface area contributed by atoms with E-state index in [4.69, 9.17) is 9.47 Å². The van der Waals surface area contributed by atoms with E-state index in [1.54, 1.807) is 4.90 Å². The topological polar surface area (TPSA) is 59.0 Å². The Morgan fingerprint density at radius 2 is 1.71 bits per heavy atom. The van der Waals surface area contributed by atoms with Crippen molar-refractivity contribution >= 4 is 22.0 Å². The van der Waals surface area contributed by atoms with Crippen LogP contribution >= 0.6 is 15.9 Å². The predicted octanol–water partition coefficient (Wildman–Crippen LogP) is 5.13. The van der Waals surface area contributed by atoms with Gasteiger partial charge in [0.25, 0.3) is 0 Å². The monoisotopic (exact) mass is 479 g/mol. The fraction of sp³-hybridized carbons (Fsp3) is 0.240. The first kappa shape index (κ1) is 20.1. The van der Waals surface area contributed by atoms with Gasteiger partial charge in [0.05, 0.1) is 19.2 Å². The number of amides is 1. The maximum atomic E-state index is 13.1. The third kappa shape index (κ3) is 3.60. The number of carbonyl (C=O) groups excluding carboxylic acids is 1. The minimum Gasteiger partial charge on any atom is -0.491 e. The molecule has 0 saturated carbocycles. The van der Waals surface area contributed by atoms with Crippen LogP contribution in [0.25, 0.3) is 11.1 Å². The molecule has 3 aromatic rings. The highest BCUT2D eigenvalue weighted by atomic mass is 79.9. The third-order valence-corrected chi connectivity index (χ3v) is 6.54. The first-order valence-electron chi connectivity index (χ1n) is 10.3. The first-order chi connectivity index (χ1) is 15.2. The van der Waals surface area contributed by atoms with Gasteiger partial charge in [0.2, 0.25) is 0 Å². The van der Waals surface area contributed by atoms with Gasteiger partial charge in [-0.3, -0.25) is 4.90 Å². The van der Waals surface area contributed by atoms with Crippen LogP contribution in [0.4, 0.5) is 4.79 Å². The Balaban J connectivity index is 1.38. The van der Waals surface area contributed by atoms with Gasteiger partial charge in [-0.1, -0.05) is 70.5 Å². The Hall–Kier alpha value is -2.83. The van der Waals surface area contributed by atoms with Gasteiger partial charge in [-0.2, -0.15) is 0 Å². The Morgan fingerprint density at radius 3 is 2.39 bits per heavy atom. The number of aliphatic hydroxyl groups is 1. The van der Waals surface area contributed by atoms with Crippen LogP contribution in [0.1, 0.15) is 28.7 Å². The molecule has 0 spiro atoms. The number of carbonyl (C=O) groups is 1. The van der Waals surface area contributed by atoms with Gasteiger partial charge in [0.1, 0.15) is 19.0 Å². The summed E-state index contributed by atoms with van der Waals surface area (Å²) in [6.07, 6.45) is -0.444. The smallest absolute Gasteiger partial charge is 0.410 e. The lowest BCUT2D eigenvalue weighted by Crippen LogP contribution is -2.38. The average Bonchev–Trinajstić information content (AvgIpc) is 2.99. The summed E-state index contributed by atoms with van der Waals surface area (Å²) in [5, 5.41) is 10.1. The van der Waals surface area contributed by atoms with Crippen LogP contribution in [0.15, 0.2) is 71.2 Å². The van der Waals surface area contributed by atoms with E-state index >= 15 is 0 Å². The second kappa shape index (κ2) is 8.36. The molecule has 5 rings (SSSR count). The zero-order chi connectivity index (χ0) is 21.4. The lowest BCUT2D eigenvalue weighted by molar-refractivity contribution is 0.0659. The van der Waals surface area contributed by atoms with E-state index in [9.17, 15) is 9.90 Å². The van der Waals surface area contributed by atoms with Gasteiger partial charge < -0.3 is 14.6 Å². The normalized spacial score (nSPS) is 17.2. The molecule has 158 valence electrons. The highest BCUT2D eigenvalue weighted by Crippen LogP contribution is 2.44. The summed E-state index contributed by atoms with van der Waals surface area (Å²) in [4.78, 5) is 14.7. The maximum Gasteiger partial charge on any atom is 0.410 e. The van der Waals surface area contributed by atoms with Gasteiger partial charge in [-0.15, -0.1) is 0 Å². The van der Waals surface area contributed by atoms with E-state index in [0.29, 0.717) is 18.9 Å². The van der Waals surface area contributed by atoms with Gasteiger partial charge in [-0.25, -0.2) is 4.79 Å². The molecule has 0 bridgehead atoms. The van der Waals surface area contributed by atoms with Crippen molar-refractivity contribution in [3.8, 4) is 16.9 Å². The Kier molecular flexibility index (Phi) is 5.42. The minimum absolute atomic E-state index is 0.00426. The molecule has 1 amide bonds. The van der Waals surface area contributed by atoms with E-state index in [2.05, 4.69) is 40.2 Å².